The largest absolute Gasteiger partial charge is 0.295 e. The van der Waals surface area contributed by atoms with Crippen molar-refractivity contribution in [1.29, 1.82) is 0 Å². The first kappa shape index (κ1) is 13.9. The summed E-state index contributed by atoms with van der Waals surface area (Å²) >= 11 is 1.78. The molecular formula is C17H18OS. The van der Waals surface area contributed by atoms with Crippen molar-refractivity contribution in [3.05, 3.63) is 64.7 Å². The van der Waals surface area contributed by atoms with Crippen LogP contribution in [0.5, 0.6) is 0 Å². The molecule has 0 aliphatic heterocycles. The average molecular weight is 270 g/mol. The van der Waals surface area contributed by atoms with E-state index in [9.17, 15) is 4.79 Å². The van der Waals surface area contributed by atoms with Crippen molar-refractivity contribution in [2.24, 2.45) is 0 Å². The molecule has 0 aliphatic carbocycles. The van der Waals surface area contributed by atoms with E-state index in [0.717, 1.165) is 16.2 Å². The predicted molar refractivity (Wildman–Crippen MR) is 81.9 cm³/mol. The first-order chi connectivity index (χ1) is 9.08. The van der Waals surface area contributed by atoms with Crippen LogP contribution in [-0.4, -0.2) is 5.78 Å². The second-order valence-electron chi connectivity index (χ2n) is 4.74. The van der Waals surface area contributed by atoms with E-state index >= 15 is 0 Å². The Morgan fingerprint density at radius 3 is 2.32 bits per heavy atom. The fraction of sp³-hybridized carbons (Fsp3) is 0.235. The van der Waals surface area contributed by atoms with Gasteiger partial charge in [-0.05, 0) is 49.6 Å². The molecule has 1 nitrogen and oxygen atoms in total. The first-order valence-corrected chi connectivity index (χ1v) is 7.35. The third-order valence-corrected chi connectivity index (χ3v) is 4.29. The number of carbonyl (C=O) groups excluding carboxylic acids is 1. The van der Waals surface area contributed by atoms with Crippen molar-refractivity contribution in [1.82, 2.24) is 0 Å². The number of benzene rings is 2. The van der Waals surface area contributed by atoms with Crippen LogP contribution < -0.4 is 0 Å². The van der Waals surface area contributed by atoms with E-state index in [2.05, 4.69) is 38.1 Å². The molecule has 2 aromatic rings. The molecule has 0 spiro atoms. The summed E-state index contributed by atoms with van der Waals surface area (Å²) in [5.74, 6) is 1.06. The number of thioether (sulfide) groups is 1. The summed E-state index contributed by atoms with van der Waals surface area (Å²) in [6.45, 7) is 5.90. The van der Waals surface area contributed by atoms with E-state index in [1.807, 2.05) is 18.2 Å². The maximum absolute atomic E-state index is 11.4. The van der Waals surface area contributed by atoms with Crippen molar-refractivity contribution >= 4 is 17.5 Å². The molecule has 0 heterocycles. The van der Waals surface area contributed by atoms with E-state index in [1.165, 1.54) is 16.7 Å². The molecular weight excluding hydrogens is 252 g/mol. The number of rotatable bonds is 4. The molecule has 0 unspecified atom stereocenters. The van der Waals surface area contributed by atoms with E-state index in [0.29, 0.717) is 0 Å². The fourth-order valence-corrected chi connectivity index (χ4v) is 3.19. The summed E-state index contributed by atoms with van der Waals surface area (Å²) in [7, 11) is 0. The van der Waals surface area contributed by atoms with Crippen LogP contribution in [0.15, 0.2) is 47.4 Å². The van der Waals surface area contributed by atoms with Crippen molar-refractivity contribution in [3.63, 3.8) is 0 Å². The summed E-state index contributed by atoms with van der Waals surface area (Å²) < 4.78 is 0. The number of carbonyl (C=O) groups is 1. The molecule has 0 fully saturated rings. The topological polar surface area (TPSA) is 17.1 Å². The van der Waals surface area contributed by atoms with Crippen LogP contribution in [0.4, 0.5) is 0 Å². The van der Waals surface area contributed by atoms with Gasteiger partial charge < -0.3 is 0 Å². The lowest BCUT2D eigenvalue weighted by atomic mass is 10.1. The minimum absolute atomic E-state index is 0.120. The summed E-state index contributed by atoms with van der Waals surface area (Å²) in [6.07, 6.45) is 0. The molecule has 2 rings (SSSR count). The molecule has 98 valence electrons. The van der Waals surface area contributed by atoms with Crippen LogP contribution in [-0.2, 0) is 5.75 Å². The van der Waals surface area contributed by atoms with E-state index in [4.69, 9.17) is 0 Å². The Morgan fingerprint density at radius 2 is 1.68 bits per heavy atom. The number of aryl methyl sites for hydroxylation is 2. The Bertz CT molecular complexity index is 582. The molecule has 0 amide bonds. The molecule has 0 aliphatic rings. The highest BCUT2D eigenvalue weighted by Crippen LogP contribution is 2.26. The molecule has 2 aromatic carbocycles. The van der Waals surface area contributed by atoms with Crippen LogP contribution in [0, 0.1) is 13.8 Å². The molecule has 0 aromatic heterocycles. The lowest BCUT2D eigenvalue weighted by Gasteiger charge is -2.09. The smallest absolute Gasteiger partial charge is 0.159 e. The van der Waals surface area contributed by atoms with E-state index in [-0.39, 0.29) is 5.78 Å². The molecule has 0 bridgehead atoms. The van der Waals surface area contributed by atoms with Crippen LogP contribution in [0.25, 0.3) is 0 Å². The monoisotopic (exact) mass is 270 g/mol. The average Bonchev–Trinajstić information content (AvgIpc) is 2.38. The summed E-state index contributed by atoms with van der Waals surface area (Å²) in [5.41, 5.74) is 4.83. The van der Waals surface area contributed by atoms with Gasteiger partial charge in [-0.1, -0.05) is 30.3 Å². The number of hydrogen-bond donors (Lipinski definition) is 0. The van der Waals surface area contributed by atoms with Gasteiger partial charge in [-0.3, -0.25) is 4.79 Å². The minimum Gasteiger partial charge on any atom is -0.295 e. The van der Waals surface area contributed by atoms with Crippen LogP contribution in [0.1, 0.15) is 34.0 Å². The van der Waals surface area contributed by atoms with Gasteiger partial charge in [-0.25, -0.2) is 0 Å². The Kier molecular flexibility index (Phi) is 4.43. The zero-order valence-electron chi connectivity index (χ0n) is 11.6. The fourth-order valence-electron chi connectivity index (χ4n) is 2.04. The van der Waals surface area contributed by atoms with Crippen molar-refractivity contribution < 1.29 is 4.79 Å². The van der Waals surface area contributed by atoms with E-state index in [1.54, 1.807) is 18.7 Å². The third-order valence-electron chi connectivity index (χ3n) is 3.27. The van der Waals surface area contributed by atoms with Crippen molar-refractivity contribution in [2.45, 2.75) is 31.4 Å². The maximum atomic E-state index is 11.4. The summed E-state index contributed by atoms with van der Waals surface area (Å²) in [5, 5.41) is 0. The summed E-state index contributed by atoms with van der Waals surface area (Å²) in [4.78, 5) is 12.5. The zero-order chi connectivity index (χ0) is 13.8. The normalized spacial score (nSPS) is 10.5. The highest BCUT2D eigenvalue weighted by atomic mass is 32.2. The lowest BCUT2D eigenvalue weighted by Crippen LogP contribution is -1.93. The Balaban J connectivity index is 2.15. The van der Waals surface area contributed by atoms with Gasteiger partial charge in [0.2, 0.25) is 0 Å². The molecule has 0 radical (unpaired) electrons. The van der Waals surface area contributed by atoms with Crippen LogP contribution in [0.3, 0.4) is 0 Å². The van der Waals surface area contributed by atoms with Gasteiger partial charge in [-0.15, -0.1) is 11.8 Å². The van der Waals surface area contributed by atoms with Crippen molar-refractivity contribution in [3.8, 4) is 0 Å². The van der Waals surface area contributed by atoms with Crippen molar-refractivity contribution in [2.75, 3.05) is 0 Å². The third kappa shape index (κ3) is 3.48. The van der Waals surface area contributed by atoms with E-state index < -0.39 is 0 Å². The van der Waals surface area contributed by atoms with Gasteiger partial charge in [-0.2, -0.15) is 0 Å². The predicted octanol–water partition coefficient (Wildman–Crippen LogP) is 4.80. The van der Waals surface area contributed by atoms with Gasteiger partial charge in [0, 0.05) is 16.2 Å². The standard InChI is InChI=1S/C17H18OS/c1-12-6-4-7-13(2)17(12)11-19-16-9-5-8-15(10-16)14(3)18/h4-10H,11H2,1-3H3. The molecule has 2 heteroatoms. The quantitative estimate of drug-likeness (QED) is 0.586. The second kappa shape index (κ2) is 6.07. The Hall–Kier alpha value is -1.54. The van der Waals surface area contributed by atoms with Gasteiger partial charge in [0.15, 0.2) is 5.78 Å². The second-order valence-corrected chi connectivity index (χ2v) is 5.79. The number of ketones is 1. The lowest BCUT2D eigenvalue weighted by molar-refractivity contribution is 0.101. The Morgan fingerprint density at radius 1 is 1.05 bits per heavy atom. The van der Waals surface area contributed by atoms with Gasteiger partial charge in [0.25, 0.3) is 0 Å². The molecule has 0 saturated heterocycles. The summed E-state index contributed by atoms with van der Waals surface area (Å²) in [6, 6.07) is 14.2. The number of Topliss-reactive ketones (excluding diaryl/α,β-unsaturated/α-hetero) is 1. The SMILES string of the molecule is CC(=O)c1cccc(SCc2c(C)cccc2C)c1. The van der Waals surface area contributed by atoms with Crippen LogP contribution >= 0.6 is 11.8 Å². The molecule has 0 N–H and O–H groups in total. The molecule has 19 heavy (non-hydrogen) atoms. The highest BCUT2D eigenvalue weighted by molar-refractivity contribution is 7.98. The van der Waals surface area contributed by atoms with Gasteiger partial charge in [0.1, 0.15) is 0 Å². The van der Waals surface area contributed by atoms with Gasteiger partial charge >= 0.3 is 0 Å². The Labute approximate surface area is 119 Å². The highest BCUT2D eigenvalue weighted by Gasteiger charge is 2.05. The maximum Gasteiger partial charge on any atom is 0.159 e. The van der Waals surface area contributed by atoms with Crippen LogP contribution in [0.2, 0.25) is 0 Å². The first-order valence-electron chi connectivity index (χ1n) is 6.37. The zero-order valence-corrected chi connectivity index (χ0v) is 12.4. The number of hydrogen-bond acceptors (Lipinski definition) is 2. The molecule has 0 atom stereocenters. The van der Waals surface area contributed by atoms with Gasteiger partial charge in [0.05, 0.1) is 0 Å². The molecule has 0 saturated carbocycles. The minimum atomic E-state index is 0.120.